The molecular weight excluding hydrogens is 308 g/mol. The topological polar surface area (TPSA) is 67.2 Å². The standard InChI is InChI=1S/C17H14N4OS/c22-16(21-19-11-13-5-4-8-18-10-13)9-15-12-23-17(20-15)14-6-2-1-3-7-14/h1-8,10-12H,9H2,(H,21,22)/b19-11+. The number of thiazole rings is 1. The number of carbonyl (C=O) groups is 1. The Bertz CT molecular complexity index is 800. The summed E-state index contributed by atoms with van der Waals surface area (Å²) in [7, 11) is 0. The van der Waals surface area contributed by atoms with E-state index in [2.05, 4.69) is 20.5 Å². The fraction of sp³-hybridized carbons (Fsp3) is 0.0588. The van der Waals surface area contributed by atoms with Crippen LogP contribution in [0.15, 0.2) is 65.3 Å². The second-order valence-electron chi connectivity index (χ2n) is 4.77. The summed E-state index contributed by atoms with van der Waals surface area (Å²) in [6.45, 7) is 0. The molecule has 0 aliphatic heterocycles. The van der Waals surface area contributed by atoms with Crippen LogP contribution in [0.25, 0.3) is 10.6 Å². The Morgan fingerprint density at radius 2 is 2.09 bits per heavy atom. The zero-order valence-electron chi connectivity index (χ0n) is 12.2. The van der Waals surface area contributed by atoms with Gasteiger partial charge in [-0.3, -0.25) is 9.78 Å². The lowest BCUT2D eigenvalue weighted by molar-refractivity contribution is -0.120. The molecule has 0 saturated carbocycles. The van der Waals surface area contributed by atoms with Crippen LogP contribution in [0.4, 0.5) is 0 Å². The van der Waals surface area contributed by atoms with Crippen LogP contribution in [0.5, 0.6) is 0 Å². The van der Waals surface area contributed by atoms with Gasteiger partial charge < -0.3 is 0 Å². The molecule has 0 fully saturated rings. The number of amides is 1. The summed E-state index contributed by atoms with van der Waals surface area (Å²) in [4.78, 5) is 20.3. The Balaban J connectivity index is 1.56. The van der Waals surface area contributed by atoms with Crippen molar-refractivity contribution in [2.75, 3.05) is 0 Å². The van der Waals surface area contributed by atoms with Gasteiger partial charge in [0.2, 0.25) is 5.91 Å². The Morgan fingerprint density at radius 1 is 1.22 bits per heavy atom. The normalized spacial score (nSPS) is 10.8. The summed E-state index contributed by atoms with van der Waals surface area (Å²) in [6.07, 6.45) is 5.11. The molecule has 0 saturated heterocycles. The van der Waals surface area contributed by atoms with Crippen LogP contribution < -0.4 is 5.43 Å². The van der Waals surface area contributed by atoms with Crippen LogP contribution in [0.3, 0.4) is 0 Å². The molecule has 0 radical (unpaired) electrons. The van der Waals surface area contributed by atoms with Crippen molar-refractivity contribution in [1.29, 1.82) is 0 Å². The highest BCUT2D eigenvalue weighted by Crippen LogP contribution is 2.23. The number of rotatable bonds is 5. The van der Waals surface area contributed by atoms with Crippen LogP contribution in [0.1, 0.15) is 11.3 Å². The molecule has 114 valence electrons. The van der Waals surface area contributed by atoms with Crippen LogP contribution in [-0.2, 0) is 11.2 Å². The van der Waals surface area contributed by atoms with E-state index in [1.165, 1.54) is 11.3 Å². The SMILES string of the molecule is O=C(Cc1csc(-c2ccccc2)n1)N/N=C/c1cccnc1. The number of hydrogen-bond acceptors (Lipinski definition) is 5. The Morgan fingerprint density at radius 3 is 2.87 bits per heavy atom. The summed E-state index contributed by atoms with van der Waals surface area (Å²) in [5.74, 6) is -0.199. The van der Waals surface area contributed by atoms with E-state index in [9.17, 15) is 4.79 Å². The smallest absolute Gasteiger partial charge is 0.246 e. The van der Waals surface area contributed by atoms with Gasteiger partial charge in [-0.2, -0.15) is 5.10 Å². The van der Waals surface area contributed by atoms with Gasteiger partial charge in [0.1, 0.15) is 5.01 Å². The molecular formula is C17H14N4OS. The first kappa shape index (κ1) is 15.1. The van der Waals surface area contributed by atoms with Gasteiger partial charge in [0.05, 0.1) is 18.3 Å². The number of nitrogens with zero attached hydrogens (tertiary/aromatic N) is 3. The molecule has 0 bridgehead atoms. The van der Waals surface area contributed by atoms with Gasteiger partial charge in [-0.25, -0.2) is 10.4 Å². The van der Waals surface area contributed by atoms with Crippen molar-refractivity contribution >= 4 is 23.5 Å². The van der Waals surface area contributed by atoms with Gasteiger partial charge in [0.15, 0.2) is 0 Å². The summed E-state index contributed by atoms with van der Waals surface area (Å²) in [5, 5.41) is 6.72. The maximum Gasteiger partial charge on any atom is 0.246 e. The molecule has 3 rings (SSSR count). The summed E-state index contributed by atoms with van der Waals surface area (Å²) >= 11 is 1.53. The van der Waals surface area contributed by atoms with Crippen LogP contribution in [0, 0.1) is 0 Å². The van der Waals surface area contributed by atoms with E-state index in [0.717, 1.165) is 21.8 Å². The Labute approximate surface area is 137 Å². The molecule has 6 heteroatoms. The van der Waals surface area contributed by atoms with E-state index in [1.54, 1.807) is 18.6 Å². The highest BCUT2D eigenvalue weighted by molar-refractivity contribution is 7.13. The molecule has 1 amide bonds. The molecule has 1 aromatic carbocycles. The van der Waals surface area contributed by atoms with Gasteiger partial charge in [0, 0.05) is 28.9 Å². The van der Waals surface area contributed by atoms with E-state index in [-0.39, 0.29) is 12.3 Å². The summed E-state index contributed by atoms with van der Waals surface area (Å²) in [5.41, 5.74) is 5.12. The Kier molecular flexibility index (Phi) is 4.85. The first-order valence-electron chi connectivity index (χ1n) is 7.03. The largest absolute Gasteiger partial charge is 0.273 e. The monoisotopic (exact) mass is 322 g/mol. The maximum absolute atomic E-state index is 11.9. The average Bonchev–Trinajstić information content (AvgIpc) is 3.05. The number of pyridine rings is 1. The van der Waals surface area contributed by atoms with Crippen LogP contribution in [-0.4, -0.2) is 22.1 Å². The molecule has 0 aliphatic carbocycles. The lowest BCUT2D eigenvalue weighted by Crippen LogP contribution is -2.19. The van der Waals surface area contributed by atoms with Crippen molar-refractivity contribution in [3.63, 3.8) is 0 Å². The van der Waals surface area contributed by atoms with Gasteiger partial charge in [-0.1, -0.05) is 36.4 Å². The highest BCUT2D eigenvalue weighted by Gasteiger charge is 2.08. The molecule has 3 aromatic rings. The van der Waals surface area contributed by atoms with Gasteiger partial charge in [0.25, 0.3) is 0 Å². The third-order valence-electron chi connectivity index (χ3n) is 3.00. The number of benzene rings is 1. The van der Waals surface area contributed by atoms with E-state index >= 15 is 0 Å². The van der Waals surface area contributed by atoms with Crippen molar-refractivity contribution in [3.8, 4) is 10.6 Å². The van der Waals surface area contributed by atoms with Crippen molar-refractivity contribution in [1.82, 2.24) is 15.4 Å². The highest BCUT2D eigenvalue weighted by atomic mass is 32.1. The van der Waals surface area contributed by atoms with Crippen molar-refractivity contribution < 1.29 is 4.79 Å². The van der Waals surface area contributed by atoms with E-state index in [0.29, 0.717) is 0 Å². The van der Waals surface area contributed by atoms with E-state index < -0.39 is 0 Å². The fourth-order valence-corrected chi connectivity index (χ4v) is 2.76. The quantitative estimate of drug-likeness (QED) is 0.580. The minimum atomic E-state index is -0.199. The van der Waals surface area contributed by atoms with Crippen molar-refractivity contribution in [2.45, 2.75) is 6.42 Å². The first-order valence-corrected chi connectivity index (χ1v) is 7.91. The van der Waals surface area contributed by atoms with Gasteiger partial charge in [-0.15, -0.1) is 11.3 Å². The molecule has 2 aromatic heterocycles. The van der Waals surface area contributed by atoms with Gasteiger partial charge >= 0.3 is 0 Å². The summed E-state index contributed by atoms with van der Waals surface area (Å²) in [6, 6.07) is 13.6. The molecule has 0 aliphatic rings. The minimum absolute atomic E-state index is 0.199. The number of hydrogen-bond donors (Lipinski definition) is 1. The van der Waals surface area contributed by atoms with Crippen molar-refractivity contribution in [2.24, 2.45) is 5.10 Å². The first-order chi connectivity index (χ1) is 11.3. The molecule has 5 nitrogen and oxygen atoms in total. The van der Waals surface area contributed by atoms with E-state index in [4.69, 9.17) is 0 Å². The molecule has 0 spiro atoms. The second kappa shape index (κ2) is 7.42. The minimum Gasteiger partial charge on any atom is -0.273 e. The third-order valence-corrected chi connectivity index (χ3v) is 3.94. The zero-order chi connectivity index (χ0) is 15.9. The van der Waals surface area contributed by atoms with Crippen molar-refractivity contribution in [3.05, 3.63) is 71.5 Å². The molecule has 2 heterocycles. The molecule has 23 heavy (non-hydrogen) atoms. The Hall–Kier alpha value is -2.86. The fourth-order valence-electron chi connectivity index (χ4n) is 1.94. The average molecular weight is 322 g/mol. The maximum atomic E-state index is 11.9. The predicted octanol–water partition coefficient (Wildman–Crippen LogP) is 2.90. The predicted molar refractivity (Wildman–Crippen MR) is 91.2 cm³/mol. The third kappa shape index (κ3) is 4.31. The second-order valence-corrected chi connectivity index (χ2v) is 5.62. The van der Waals surface area contributed by atoms with Crippen LogP contribution >= 0.6 is 11.3 Å². The molecule has 0 atom stereocenters. The lowest BCUT2D eigenvalue weighted by atomic mass is 10.2. The number of hydrazone groups is 1. The summed E-state index contributed by atoms with van der Waals surface area (Å²) < 4.78 is 0. The van der Waals surface area contributed by atoms with Gasteiger partial charge in [-0.05, 0) is 6.07 Å². The number of nitrogens with one attached hydrogen (secondary N) is 1. The number of carbonyl (C=O) groups excluding carboxylic acids is 1. The van der Waals surface area contributed by atoms with Crippen LogP contribution in [0.2, 0.25) is 0 Å². The molecule has 0 unspecified atom stereocenters. The number of aromatic nitrogens is 2. The van der Waals surface area contributed by atoms with E-state index in [1.807, 2.05) is 47.8 Å². The molecule has 1 N–H and O–H groups in total. The zero-order valence-corrected chi connectivity index (χ0v) is 13.0. The lowest BCUT2D eigenvalue weighted by Gasteiger charge is -1.97.